The zero-order chi connectivity index (χ0) is 13.1. The molecule has 1 aromatic heterocycles. The lowest BCUT2D eigenvalue weighted by Crippen LogP contribution is -2.26. The molecule has 0 unspecified atom stereocenters. The molecule has 1 N–H and O–H groups in total. The molecule has 0 aliphatic carbocycles. The Kier molecular flexibility index (Phi) is 5.10. The van der Waals surface area contributed by atoms with E-state index in [9.17, 15) is 4.39 Å². The van der Waals surface area contributed by atoms with Gasteiger partial charge in [0.25, 0.3) is 0 Å². The second kappa shape index (κ2) is 6.82. The first-order chi connectivity index (χ1) is 9.34. The van der Waals surface area contributed by atoms with Crippen LogP contribution < -0.4 is 5.32 Å². The van der Waals surface area contributed by atoms with Gasteiger partial charge in [-0.3, -0.25) is 4.98 Å². The standard InChI is InChI=1S/C16H17FN2.ClH/c17-15-4-2-1-3-14(15)16-11-13(7-10-19-16)12-5-8-18-9-6-12;/h1-4,7,10-12,18H,5-6,8-9H2;1H. The van der Waals surface area contributed by atoms with Gasteiger partial charge in [-0.15, -0.1) is 12.4 Å². The van der Waals surface area contributed by atoms with E-state index < -0.39 is 0 Å². The van der Waals surface area contributed by atoms with E-state index in [2.05, 4.69) is 16.4 Å². The Hall–Kier alpha value is -1.45. The number of aromatic nitrogens is 1. The van der Waals surface area contributed by atoms with Crippen molar-refractivity contribution < 1.29 is 4.39 Å². The Balaban J connectivity index is 0.00000147. The van der Waals surface area contributed by atoms with Crippen molar-refractivity contribution in [3.05, 3.63) is 54.0 Å². The summed E-state index contributed by atoms with van der Waals surface area (Å²) in [6.45, 7) is 2.12. The summed E-state index contributed by atoms with van der Waals surface area (Å²) in [5, 5.41) is 3.36. The Bertz CT molecular complexity index is 568. The van der Waals surface area contributed by atoms with Gasteiger partial charge in [-0.05, 0) is 61.7 Å². The van der Waals surface area contributed by atoms with Crippen LogP contribution >= 0.6 is 12.4 Å². The summed E-state index contributed by atoms with van der Waals surface area (Å²) >= 11 is 0. The molecule has 0 atom stereocenters. The van der Waals surface area contributed by atoms with Gasteiger partial charge >= 0.3 is 0 Å². The number of hydrogen-bond donors (Lipinski definition) is 1. The molecule has 4 heteroatoms. The number of nitrogens with one attached hydrogen (secondary N) is 1. The Morgan fingerprint density at radius 2 is 1.85 bits per heavy atom. The lowest BCUT2D eigenvalue weighted by molar-refractivity contribution is 0.460. The molecule has 1 aliphatic heterocycles. The number of pyridine rings is 1. The van der Waals surface area contributed by atoms with Crippen LogP contribution in [0, 0.1) is 5.82 Å². The molecule has 20 heavy (non-hydrogen) atoms. The highest BCUT2D eigenvalue weighted by Gasteiger charge is 2.16. The highest BCUT2D eigenvalue weighted by atomic mass is 35.5. The van der Waals surface area contributed by atoms with E-state index in [4.69, 9.17) is 0 Å². The third kappa shape index (κ3) is 3.17. The zero-order valence-corrected chi connectivity index (χ0v) is 12.0. The first-order valence-corrected chi connectivity index (χ1v) is 6.76. The summed E-state index contributed by atoms with van der Waals surface area (Å²) in [7, 11) is 0. The minimum atomic E-state index is -0.211. The maximum atomic E-state index is 13.8. The minimum absolute atomic E-state index is 0. The smallest absolute Gasteiger partial charge is 0.132 e. The molecule has 0 radical (unpaired) electrons. The molecule has 1 aliphatic rings. The molecule has 0 saturated carbocycles. The minimum Gasteiger partial charge on any atom is -0.317 e. The van der Waals surface area contributed by atoms with Crippen LogP contribution in [0.1, 0.15) is 24.3 Å². The van der Waals surface area contributed by atoms with Crippen LogP contribution in [0.15, 0.2) is 42.6 Å². The predicted molar refractivity (Wildman–Crippen MR) is 81.7 cm³/mol. The fourth-order valence-electron chi connectivity index (χ4n) is 2.67. The van der Waals surface area contributed by atoms with Crippen LogP contribution in [0.25, 0.3) is 11.3 Å². The quantitative estimate of drug-likeness (QED) is 0.911. The normalized spacial score (nSPS) is 15.7. The lowest BCUT2D eigenvalue weighted by Gasteiger charge is -2.23. The number of hydrogen-bond acceptors (Lipinski definition) is 2. The molecule has 0 spiro atoms. The molecule has 2 aromatic rings. The highest BCUT2D eigenvalue weighted by molar-refractivity contribution is 5.85. The van der Waals surface area contributed by atoms with Crippen molar-refractivity contribution in [1.82, 2.24) is 10.3 Å². The molecule has 1 fully saturated rings. The van der Waals surface area contributed by atoms with Gasteiger partial charge in [0.2, 0.25) is 0 Å². The van der Waals surface area contributed by atoms with Crippen molar-refractivity contribution >= 4 is 12.4 Å². The zero-order valence-electron chi connectivity index (χ0n) is 11.2. The van der Waals surface area contributed by atoms with Crippen LogP contribution in [-0.4, -0.2) is 18.1 Å². The Morgan fingerprint density at radius 3 is 2.60 bits per heavy atom. The lowest BCUT2D eigenvalue weighted by atomic mass is 9.90. The SMILES string of the molecule is Cl.Fc1ccccc1-c1cc(C2CCNCC2)ccn1. The summed E-state index contributed by atoms with van der Waals surface area (Å²) in [5.41, 5.74) is 2.59. The average molecular weight is 293 g/mol. The van der Waals surface area contributed by atoms with Crippen molar-refractivity contribution in [2.75, 3.05) is 13.1 Å². The Labute approximate surface area is 124 Å². The van der Waals surface area contributed by atoms with E-state index in [0.29, 0.717) is 11.5 Å². The number of nitrogens with zero attached hydrogens (tertiary/aromatic N) is 1. The van der Waals surface area contributed by atoms with Gasteiger partial charge < -0.3 is 5.32 Å². The summed E-state index contributed by atoms with van der Waals surface area (Å²) in [5.74, 6) is 0.354. The van der Waals surface area contributed by atoms with Crippen molar-refractivity contribution in [1.29, 1.82) is 0 Å². The van der Waals surface area contributed by atoms with Gasteiger partial charge in [0.05, 0.1) is 5.69 Å². The maximum Gasteiger partial charge on any atom is 0.132 e. The van der Waals surface area contributed by atoms with E-state index in [1.807, 2.05) is 12.1 Å². The monoisotopic (exact) mass is 292 g/mol. The van der Waals surface area contributed by atoms with Gasteiger partial charge in [0, 0.05) is 11.8 Å². The summed E-state index contributed by atoms with van der Waals surface area (Å²) in [4.78, 5) is 4.31. The Morgan fingerprint density at radius 1 is 1.10 bits per heavy atom. The second-order valence-corrected chi connectivity index (χ2v) is 4.98. The average Bonchev–Trinajstić information content (AvgIpc) is 2.49. The first-order valence-electron chi connectivity index (χ1n) is 6.76. The fourth-order valence-corrected chi connectivity index (χ4v) is 2.67. The summed E-state index contributed by atoms with van der Waals surface area (Å²) < 4.78 is 13.8. The van der Waals surface area contributed by atoms with Gasteiger partial charge in [0.1, 0.15) is 5.82 Å². The number of halogens is 2. The fraction of sp³-hybridized carbons (Fsp3) is 0.312. The van der Waals surface area contributed by atoms with E-state index >= 15 is 0 Å². The van der Waals surface area contributed by atoms with Crippen molar-refractivity contribution in [2.24, 2.45) is 0 Å². The molecule has 2 heterocycles. The van der Waals surface area contributed by atoms with E-state index in [0.717, 1.165) is 31.6 Å². The van der Waals surface area contributed by atoms with E-state index in [-0.39, 0.29) is 18.2 Å². The molecule has 106 valence electrons. The van der Waals surface area contributed by atoms with Crippen LogP contribution in [0.5, 0.6) is 0 Å². The van der Waals surface area contributed by atoms with Crippen LogP contribution in [0.3, 0.4) is 0 Å². The molecule has 2 nitrogen and oxygen atoms in total. The third-order valence-corrected chi connectivity index (χ3v) is 3.74. The van der Waals surface area contributed by atoms with Crippen molar-refractivity contribution in [2.45, 2.75) is 18.8 Å². The number of benzene rings is 1. The van der Waals surface area contributed by atoms with Crippen LogP contribution in [0.4, 0.5) is 4.39 Å². The number of rotatable bonds is 2. The maximum absolute atomic E-state index is 13.8. The largest absolute Gasteiger partial charge is 0.317 e. The van der Waals surface area contributed by atoms with Crippen LogP contribution in [0.2, 0.25) is 0 Å². The molecule has 0 bridgehead atoms. The second-order valence-electron chi connectivity index (χ2n) is 4.98. The molecule has 1 saturated heterocycles. The number of piperidine rings is 1. The molecular formula is C16H18ClFN2. The summed E-state index contributed by atoms with van der Waals surface area (Å²) in [6, 6.07) is 10.9. The van der Waals surface area contributed by atoms with E-state index in [1.165, 1.54) is 11.6 Å². The third-order valence-electron chi connectivity index (χ3n) is 3.74. The van der Waals surface area contributed by atoms with Gasteiger partial charge in [-0.1, -0.05) is 12.1 Å². The van der Waals surface area contributed by atoms with Gasteiger partial charge in [-0.25, -0.2) is 4.39 Å². The molecule has 1 aromatic carbocycles. The molecular weight excluding hydrogens is 275 g/mol. The van der Waals surface area contributed by atoms with Crippen LogP contribution in [-0.2, 0) is 0 Å². The first kappa shape index (κ1) is 14.9. The highest BCUT2D eigenvalue weighted by Crippen LogP contribution is 2.28. The van der Waals surface area contributed by atoms with Crippen molar-refractivity contribution in [3.8, 4) is 11.3 Å². The van der Waals surface area contributed by atoms with Crippen molar-refractivity contribution in [3.63, 3.8) is 0 Å². The van der Waals surface area contributed by atoms with Gasteiger partial charge in [-0.2, -0.15) is 0 Å². The molecule has 0 amide bonds. The summed E-state index contributed by atoms with van der Waals surface area (Å²) in [6.07, 6.45) is 4.07. The topological polar surface area (TPSA) is 24.9 Å². The molecule has 3 rings (SSSR count). The van der Waals surface area contributed by atoms with E-state index in [1.54, 1.807) is 18.3 Å². The predicted octanol–water partition coefficient (Wildman–Crippen LogP) is 3.78. The van der Waals surface area contributed by atoms with Gasteiger partial charge in [0.15, 0.2) is 0 Å².